The fourth-order valence-corrected chi connectivity index (χ4v) is 3.61. The normalized spacial score (nSPS) is 17.8. The Balaban J connectivity index is 2.14. The molecule has 1 aromatic heterocycles. The lowest BCUT2D eigenvalue weighted by Gasteiger charge is -2.20. The van der Waals surface area contributed by atoms with E-state index in [1.54, 1.807) is 0 Å². The van der Waals surface area contributed by atoms with E-state index in [1.165, 1.54) is 38.5 Å². The van der Waals surface area contributed by atoms with Gasteiger partial charge >= 0.3 is 0 Å². The molecule has 0 aliphatic heterocycles. The minimum Gasteiger partial charge on any atom is -0.323 e. The number of fused-ring (bicyclic) bond motifs is 1. The predicted molar refractivity (Wildman–Crippen MR) is 81.0 cm³/mol. The number of imidazole rings is 1. The number of para-hydroxylation sites is 1. The third-order valence-corrected chi connectivity index (χ3v) is 4.59. The number of alkyl halides is 1. The highest BCUT2D eigenvalue weighted by molar-refractivity contribution is 6.35. The van der Waals surface area contributed by atoms with E-state index < -0.39 is 0 Å². The summed E-state index contributed by atoms with van der Waals surface area (Å²) in [5.41, 5.74) is 2.03. The van der Waals surface area contributed by atoms with E-state index >= 15 is 0 Å². The minimum absolute atomic E-state index is 0.446. The first-order chi connectivity index (χ1) is 9.31. The zero-order valence-electron chi connectivity index (χ0n) is 10.9. The second kappa shape index (κ2) is 5.72. The summed E-state index contributed by atoms with van der Waals surface area (Å²) in [6.07, 6.45) is 7.67. The van der Waals surface area contributed by atoms with E-state index in [-0.39, 0.29) is 0 Å². The molecule has 3 rings (SSSR count). The van der Waals surface area contributed by atoms with E-state index in [9.17, 15) is 0 Å². The van der Waals surface area contributed by atoms with Crippen molar-refractivity contribution in [3.63, 3.8) is 0 Å². The first-order valence-electron chi connectivity index (χ1n) is 7.02. The Morgan fingerprint density at radius 3 is 2.58 bits per heavy atom. The van der Waals surface area contributed by atoms with Crippen molar-refractivity contribution in [2.24, 2.45) is 0 Å². The summed E-state index contributed by atoms with van der Waals surface area (Å²) in [5, 5.41) is 0.783. The van der Waals surface area contributed by atoms with E-state index in [0.717, 1.165) is 21.9 Å². The van der Waals surface area contributed by atoms with Crippen molar-refractivity contribution in [3.8, 4) is 0 Å². The zero-order chi connectivity index (χ0) is 13.2. The van der Waals surface area contributed by atoms with Crippen molar-refractivity contribution < 1.29 is 0 Å². The molecule has 0 unspecified atom stereocenters. The minimum atomic E-state index is 0.446. The molecule has 1 fully saturated rings. The van der Waals surface area contributed by atoms with Gasteiger partial charge in [0.2, 0.25) is 0 Å². The lowest BCUT2D eigenvalue weighted by molar-refractivity contribution is 0.444. The Hall–Kier alpha value is -0.730. The summed E-state index contributed by atoms with van der Waals surface area (Å²) in [4.78, 5) is 4.64. The lowest BCUT2D eigenvalue weighted by atomic mass is 10.1. The van der Waals surface area contributed by atoms with Crippen LogP contribution in [0.4, 0.5) is 0 Å². The van der Waals surface area contributed by atoms with Crippen molar-refractivity contribution in [3.05, 3.63) is 29.0 Å². The van der Waals surface area contributed by atoms with Gasteiger partial charge in [0, 0.05) is 6.04 Å². The average Bonchev–Trinajstić information content (AvgIpc) is 2.60. The maximum absolute atomic E-state index is 6.39. The highest BCUT2D eigenvalue weighted by atomic mass is 35.5. The van der Waals surface area contributed by atoms with Crippen molar-refractivity contribution in [1.82, 2.24) is 9.55 Å². The molecule has 0 bridgehead atoms. The van der Waals surface area contributed by atoms with E-state index in [0.29, 0.717) is 11.9 Å². The van der Waals surface area contributed by atoms with Crippen LogP contribution in [0.5, 0.6) is 0 Å². The zero-order valence-corrected chi connectivity index (χ0v) is 12.4. The SMILES string of the molecule is ClCc1nc2cccc(Cl)c2n1C1CCCCCC1. The molecular formula is C15H18Cl2N2. The van der Waals surface area contributed by atoms with Gasteiger partial charge in [-0.05, 0) is 25.0 Å². The van der Waals surface area contributed by atoms with Gasteiger partial charge in [-0.1, -0.05) is 43.4 Å². The predicted octanol–water partition coefficient (Wildman–Crippen LogP) is 5.32. The molecule has 1 aliphatic carbocycles. The van der Waals surface area contributed by atoms with E-state index in [2.05, 4.69) is 9.55 Å². The van der Waals surface area contributed by atoms with Gasteiger partial charge in [0.05, 0.1) is 21.9 Å². The standard InChI is InChI=1S/C15H18Cl2N2/c16-10-14-18-13-9-5-8-12(17)15(13)19(14)11-6-3-1-2-4-7-11/h5,8-9,11H,1-4,6-7,10H2. The van der Waals surface area contributed by atoms with E-state index in [4.69, 9.17) is 23.2 Å². The smallest absolute Gasteiger partial charge is 0.125 e. The first kappa shape index (κ1) is 13.3. The Kier molecular flexibility index (Phi) is 3.99. The first-order valence-corrected chi connectivity index (χ1v) is 7.94. The molecule has 0 saturated heterocycles. The van der Waals surface area contributed by atoms with Crippen LogP contribution in [0, 0.1) is 0 Å². The monoisotopic (exact) mass is 296 g/mol. The summed E-state index contributed by atoms with van der Waals surface area (Å²) >= 11 is 12.5. The van der Waals surface area contributed by atoms with Gasteiger partial charge in [-0.3, -0.25) is 0 Å². The summed E-state index contributed by atoms with van der Waals surface area (Å²) in [5.74, 6) is 1.40. The number of rotatable bonds is 2. The number of nitrogens with zero attached hydrogens (tertiary/aromatic N) is 2. The van der Waals surface area contributed by atoms with Crippen molar-refractivity contribution in [1.29, 1.82) is 0 Å². The molecule has 1 aromatic carbocycles. The third-order valence-electron chi connectivity index (χ3n) is 4.04. The number of halogens is 2. The highest BCUT2D eigenvalue weighted by Crippen LogP contribution is 2.34. The number of benzene rings is 1. The topological polar surface area (TPSA) is 17.8 Å². The molecule has 4 heteroatoms. The molecule has 1 heterocycles. The van der Waals surface area contributed by atoms with Gasteiger partial charge < -0.3 is 4.57 Å². The Labute approximate surface area is 123 Å². The quantitative estimate of drug-likeness (QED) is 0.541. The molecule has 0 amide bonds. The molecule has 19 heavy (non-hydrogen) atoms. The van der Waals surface area contributed by atoms with Crippen molar-refractivity contribution in [2.45, 2.75) is 50.4 Å². The molecule has 102 valence electrons. The molecule has 2 aromatic rings. The molecule has 2 nitrogen and oxygen atoms in total. The number of aromatic nitrogens is 2. The Bertz CT molecular complexity index is 569. The van der Waals surface area contributed by atoms with Crippen LogP contribution in [0.3, 0.4) is 0 Å². The molecule has 0 spiro atoms. The Morgan fingerprint density at radius 2 is 1.89 bits per heavy atom. The summed E-state index contributed by atoms with van der Waals surface area (Å²) < 4.78 is 2.30. The maximum atomic E-state index is 6.39. The van der Waals surface area contributed by atoms with Gasteiger partial charge in [0.1, 0.15) is 5.82 Å². The van der Waals surface area contributed by atoms with Crippen molar-refractivity contribution >= 4 is 34.2 Å². The Morgan fingerprint density at radius 1 is 1.16 bits per heavy atom. The van der Waals surface area contributed by atoms with Crippen LogP contribution in [-0.4, -0.2) is 9.55 Å². The van der Waals surface area contributed by atoms with Gasteiger partial charge in [-0.25, -0.2) is 4.98 Å². The fraction of sp³-hybridized carbons (Fsp3) is 0.533. The maximum Gasteiger partial charge on any atom is 0.125 e. The fourth-order valence-electron chi connectivity index (χ4n) is 3.16. The molecule has 0 N–H and O–H groups in total. The van der Waals surface area contributed by atoms with Crippen LogP contribution < -0.4 is 0 Å². The van der Waals surface area contributed by atoms with Crippen LogP contribution in [0.1, 0.15) is 50.4 Å². The lowest BCUT2D eigenvalue weighted by Crippen LogP contribution is -2.11. The van der Waals surface area contributed by atoms with Crippen LogP contribution in [0.25, 0.3) is 11.0 Å². The van der Waals surface area contributed by atoms with Gasteiger partial charge in [0.25, 0.3) is 0 Å². The van der Waals surface area contributed by atoms with Crippen LogP contribution in [0.15, 0.2) is 18.2 Å². The van der Waals surface area contributed by atoms with Crippen LogP contribution >= 0.6 is 23.2 Å². The van der Waals surface area contributed by atoms with Crippen LogP contribution in [-0.2, 0) is 5.88 Å². The number of hydrogen-bond donors (Lipinski definition) is 0. The highest BCUT2D eigenvalue weighted by Gasteiger charge is 2.21. The van der Waals surface area contributed by atoms with Crippen molar-refractivity contribution in [2.75, 3.05) is 0 Å². The second-order valence-electron chi connectivity index (χ2n) is 5.28. The summed E-state index contributed by atoms with van der Waals surface area (Å²) in [6, 6.07) is 6.41. The second-order valence-corrected chi connectivity index (χ2v) is 5.96. The summed E-state index contributed by atoms with van der Waals surface area (Å²) in [7, 11) is 0. The molecule has 0 radical (unpaired) electrons. The largest absolute Gasteiger partial charge is 0.323 e. The van der Waals surface area contributed by atoms with Crippen LogP contribution in [0.2, 0.25) is 5.02 Å². The third kappa shape index (κ3) is 2.48. The average molecular weight is 297 g/mol. The van der Waals surface area contributed by atoms with Gasteiger partial charge in [0.15, 0.2) is 0 Å². The molecule has 1 aliphatic rings. The van der Waals surface area contributed by atoms with Gasteiger partial charge in [-0.2, -0.15) is 0 Å². The molecular weight excluding hydrogens is 279 g/mol. The molecule has 1 saturated carbocycles. The van der Waals surface area contributed by atoms with E-state index in [1.807, 2.05) is 18.2 Å². The molecule has 0 atom stereocenters. The van der Waals surface area contributed by atoms with Gasteiger partial charge in [-0.15, -0.1) is 11.6 Å². The number of hydrogen-bond acceptors (Lipinski definition) is 1. The summed E-state index contributed by atoms with van der Waals surface area (Å²) in [6.45, 7) is 0.